The summed E-state index contributed by atoms with van der Waals surface area (Å²) in [6.45, 7) is 1.72. The first-order valence-electron chi connectivity index (χ1n) is 6.07. The topological polar surface area (TPSA) is 49.5 Å². The van der Waals surface area contributed by atoms with E-state index in [1.54, 1.807) is 6.07 Å². The molecule has 1 aliphatic carbocycles. The van der Waals surface area contributed by atoms with Crippen molar-refractivity contribution in [2.45, 2.75) is 32.0 Å². The predicted molar refractivity (Wildman–Crippen MR) is 64.8 cm³/mol. The van der Waals surface area contributed by atoms with Gasteiger partial charge in [0.05, 0.1) is 6.61 Å². The van der Waals surface area contributed by atoms with Crippen LogP contribution in [-0.4, -0.2) is 29.2 Å². The molecule has 1 aromatic rings. The Morgan fingerprint density at radius 2 is 2.18 bits per heavy atom. The molecule has 1 fully saturated rings. The molecule has 4 heteroatoms. The van der Waals surface area contributed by atoms with Crippen LogP contribution in [0, 0.1) is 5.82 Å². The summed E-state index contributed by atoms with van der Waals surface area (Å²) in [5, 5.41) is 9.01. The van der Waals surface area contributed by atoms with Crippen molar-refractivity contribution < 1.29 is 9.50 Å². The van der Waals surface area contributed by atoms with Crippen molar-refractivity contribution >= 4 is 0 Å². The Labute approximate surface area is 101 Å². The van der Waals surface area contributed by atoms with Crippen molar-refractivity contribution in [2.24, 2.45) is 5.73 Å². The molecule has 0 radical (unpaired) electrons. The van der Waals surface area contributed by atoms with Crippen molar-refractivity contribution in [3.8, 4) is 0 Å². The molecule has 0 bridgehead atoms. The number of hydrogen-bond donors (Lipinski definition) is 2. The molecule has 0 aliphatic heterocycles. The zero-order valence-corrected chi connectivity index (χ0v) is 9.90. The Morgan fingerprint density at radius 3 is 2.76 bits per heavy atom. The van der Waals surface area contributed by atoms with Gasteiger partial charge in [0.25, 0.3) is 0 Å². The minimum Gasteiger partial charge on any atom is -0.395 e. The molecule has 17 heavy (non-hydrogen) atoms. The molecule has 94 valence electrons. The fourth-order valence-electron chi connectivity index (χ4n) is 2.05. The lowest BCUT2D eigenvalue weighted by Crippen LogP contribution is -2.29. The first-order chi connectivity index (χ1) is 8.24. The highest BCUT2D eigenvalue weighted by Gasteiger charge is 2.28. The van der Waals surface area contributed by atoms with Gasteiger partial charge in [-0.3, -0.25) is 4.90 Å². The summed E-state index contributed by atoms with van der Waals surface area (Å²) in [7, 11) is 0. The molecular weight excluding hydrogens is 219 g/mol. The van der Waals surface area contributed by atoms with E-state index in [1.165, 1.54) is 6.07 Å². The number of halogens is 1. The van der Waals surface area contributed by atoms with E-state index in [9.17, 15) is 4.39 Å². The maximum Gasteiger partial charge on any atom is 0.127 e. The Balaban J connectivity index is 2.09. The number of nitrogens with two attached hydrogens (primary N) is 1. The highest BCUT2D eigenvalue weighted by atomic mass is 19.1. The van der Waals surface area contributed by atoms with Gasteiger partial charge in [0.15, 0.2) is 0 Å². The Bertz CT molecular complexity index is 380. The number of aliphatic hydroxyl groups excluding tert-OH is 1. The van der Waals surface area contributed by atoms with Crippen molar-refractivity contribution in [3.05, 3.63) is 35.1 Å². The standard InChI is InChI=1S/C13H19FN2O/c14-13-4-1-10(8-15)7-11(13)9-16(5-6-17)12-2-3-12/h1,4,7,12,17H,2-3,5-6,8-9,15H2. The van der Waals surface area contributed by atoms with Gasteiger partial charge in [-0.05, 0) is 24.5 Å². The van der Waals surface area contributed by atoms with Gasteiger partial charge in [0.1, 0.15) is 5.82 Å². The molecular formula is C13H19FN2O. The largest absolute Gasteiger partial charge is 0.395 e. The minimum atomic E-state index is -0.189. The maximum atomic E-state index is 13.7. The number of aliphatic hydroxyl groups is 1. The molecule has 1 aliphatic rings. The second-order valence-corrected chi connectivity index (χ2v) is 4.56. The van der Waals surface area contributed by atoms with Crippen LogP contribution in [0.1, 0.15) is 24.0 Å². The van der Waals surface area contributed by atoms with Crippen LogP contribution in [0.4, 0.5) is 4.39 Å². The van der Waals surface area contributed by atoms with Crippen LogP contribution in [0.15, 0.2) is 18.2 Å². The van der Waals surface area contributed by atoms with Gasteiger partial charge in [0, 0.05) is 31.2 Å². The molecule has 0 aromatic heterocycles. The van der Waals surface area contributed by atoms with Crippen molar-refractivity contribution in [1.29, 1.82) is 0 Å². The van der Waals surface area contributed by atoms with Gasteiger partial charge in [0.2, 0.25) is 0 Å². The van der Waals surface area contributed by atoms with E-state index in [1.807, 2.05) is 6.07 Å². The molecule has 0 atom stereocenters. The van der Waals surface area contributed by atoms with E-state index < -0.39 is 0 Å². The van der Waals surface area contributed by atoms with Crippen LogP contribution in [-0.2, 0) is 13.1 Å². The van der Waals surface area contributed by atoms with Gasteiger partial charge in [-0.2, -0.15) is 0 Å². The summed E-state index contributed by atoms with van der Waals surface area (Å²) in [4.78, 5) is 2.14. The molecule has 0 heterocycles. The summed E-state index contributed by atoms with van der Waals surface area (Å²) >= 11 is 0. The first-order valence-corrected chi connectivity index (χ1v) is 6.07. The van der Waals surface area contributed by atoms with E-state index >= 15 is 0 Å². The van der Waals surface area contributed by atoms with Crippen LogP contribution in [0.25, 0.3) is 0 Å². The molecule has 0 amide bonds. The quantitative estimate of drug-likeness (QED) is 0.784. The zero-order chi connectivity index (χ0) is 12.3. The van der Waals surface area contributed by atoms with Gasteiger partial charge in [-0.25, -0.2) is 4.39 Å². The zero-order valence-electron chi connectivity index (χ0n) is 9.90. The van der Waals surface area contributed by atoms with E-state index in [-0.39, 0.29) is 12.4 Å². The summed E-state index contributed by atoms with van der Waals surface area (Å²) in [6, 6.07) is 5.53. The van der Waals surface area contributed by atoms with E-state index in [2.05, 4.69) is 4.90 Å². The Kier molecular flexibility index (Phi) is 4.10. The fourth-order valence-corrected chi connectivity index (χ4v) is 2.05. The maximum absolute atomic E-state index is 13.7. The second-order valence-electron chi connectivity index (χ2n) is 4.56. The monoisotopic (exact) mass is 238 g/mol. The molecule has 0 saturated heterocycles. The van der Waals surface area contributed by atoms with Crippen molar-refractivity contribution in [1.82, 2.24) is 4.90 Å². The van der Waals surface area contributed by atoms with E-state index in [0.29, 0.717) is 31.2 Å². The van der Waals surface area contributed by atoms with Crippen LogP contribution in [0.5, 0.6) is 0 Å². The molecule has 1 saturated carbocycles. The lowest BCUT2D eigenvalue weighted by Gasteiger charge is -2.21. The van der Waals surface area contributed by atoms with E-state index in [4.69, 9.17) is 10.8 Å². The molecule has 0 unspecified atom stereocenters. The van der Waals surface area contributed by atoms with Crippen LogP contribution >= 0.6 is 0 Å². The molecule has 1 aromatic carbocycles. The van der Waals surface area contributed by atoms with Gasteiger partial charge in [-0.1, -0.05) is 12.1 Å². The van der Waals surface area contributed by atoms with Gasteiger partial charge in [-0.15, -0.1) is 0 Å². The average molecular weight is 238 g/mol. The number of nitrogens with zero attached hydrogens (tertiary/aromatic N) is 1. The van der Waals surface area contributed by atoms with Crippen LogP contribution < -0.4 is 5.73 Å². The van der Waals surface area contributed by atoms with Crippen molar-refractivity contribution in [3.63, 3.8) is 0 Å². The third kappa shape index (κ3) is 3.25. The summed E-state index contributed by atoms with van der Waals surface area (Å²) in [6.07, 6.45) is 2.30. The highest BCUT2D eigenvalue weighted by Crippen LogP contribution is 2.28. The summed E-state index contributed by atoms with van der Waals surface area (Å²) in [5.41, 5.74) is 7.17. The molecule has 3 nitrogen and oxygen atoms in total. The SMILES string of the molecule is NCc1ccc(F)c(CN(CCO)C2CC2)c1. The molecule has 0 spiro atoms. The molecule has 2 rings (SSSR count). The normalized spacial score (nSPS) is 15.5. The van der Waals surface area contributed by atoms with Gasteiger partial charge < -0.3 is 10.8 Å². The van der Waals surface area contributed by atoms with Gasteiger partial charge >= 0.3 is 0 Å². The number of hydrogen-bond acceptors (Lipinski definition) is 3. The molecule has 3 N–H and O–H groups in total. The number of benzene rings is 1. The Hall–Kier alpha value is -0.970. The minimum absolute atomic E-state index is 0.120. The predicted octanol–water partition coefficient (Wildman–Crippen LogP) is 1.24. The van der Waals surface area contributed by atoms with Crippen molar-refractivity contribution in [2.75, 3.05) is 13.2 Å². The lowest BCUT2D eigenvalue weighted by molar-refractivity contribution is 0.182. The fraction of sp³-hybridized carbons (Fsp3) is 0.538. The third-order valence-corrected chi connectivity index (χ3v) is 3.17. The summed E-state index contributed by atoms with van der Waals surface area (Å²) < 4.78 is 13.7. The number of rotatable bonds is 6. The van der Waals surface area contributed by atoms with Crippen LogP contribution in [0.2, 0.25) is 0 Å². The Morgan fingerprint density at radius 1 is 1.41 bits per heavy atom. The third-order valence-electron chi connectivity index (χ3n) is 3.17. The highest BCUT2D eigenvalue weighted by molar-refractivity contribution is 5.25. The van der Waals surface area contributed by atoms with Crippen LogP contribution in [0.3, 0.4) is 0 Å². The lowest BCUT2D eigenvalue weighted by atomic mass is 10.1. The summed E-state index contributed by atoms with van der Waals surface area (Å²) in [5.74, 6) is -0.189. The second kappa shape index (κ2) is 5.58. The first kappa shape index (κ1) is 12.5. The van der Waals surface area contributed by atoms with E-state index in [0.717, 1.165) is 18.4 Å². The smallest absolute Gasteiger partial charge is 0.127 e. The average Bonchev–Trinajstić information content (AvgIpc) is 3.15.